The van der Waals surface area contributed by atoms with Crippen LogP contribution >= 0.6 is 27.3 Å². The summed E-state index contributed by atoms with van der Waals surface area (Å²) >= 11 is 5.19. The van der Waals surface area contributed by atoms with Crippen LogP contribution in [0, 0.1) is 12.7 Å². The Morgan fingerprint density at radius 1 is 1.44 bits per heavy atom. The highest BCUT2D eigenvalue weighted by atomic mass is 79.9. The van der Waals surface area contributed by atoms with E-state index in [1.54, 1.807) is 17.4 Å². The lowest BCUT2D eigenvalue weighted by atomic mass is 9.98. The van der Waals surface area contributed by atoms with Crippen molar-refractivity contribution in [2.75, 3.05) is 0 Å². The van der Waals surface area contributed by atoms with E-state index in [0.29, 0.717) is 0 Å². The van der Waals surface area contributed by atoms with Gasteiger partial charge in [0.05, 0.1) is 6.04 Å². The van der Waals surface area contributed by atoms with Gasteiger partial charge in [-0.05, 0) is 57.6 Å². The summed E-state index contributed by atoms with van der Waals surface area (Å²) in [6.07, 6.45) is 0.779. The molecular formula is C13H14BrFN2S. The molecule has 0 aliphatic rings. The van der Waals surface area contributed by atoms with Crippen molar-refractivity contribution in [3.8, 4) is 0 Å². The summed E-state index contributed by atoms with van der Waals surface area (Å²) in [5.74, 6) is 5.41. The molecule has 0 amide bonds. The van der Waals surface area contributed by atoms with Crippen LogP contribution in [0.25, 0.3) is 0 Å². The molecule has 2 rings (SSSR count). The van der Waals surface area contributed by atoms with Crippen LogP contribution in [0.15, 0.2) is 34.1 Å². The topological polar surface area (TPSA) is 38.0 Å². The predicted octanol–water partition coefficient (Wildman–Crippen LogP) is 3.71. The lowest BCUT2D eigenvalue weighted by molar-refractivity contribution is 0.549. The molecule has 0 radical (unpaired) electrons. The average Bonchev–Trinajstić information content (AvgIpc) is 2.73. The van der Waals surface area contributed by atoms with Crippen molar-refractivity contribution in [1.82, 2.24) is 5.43 Å². The van der Waals surface area contributed by atoms with Gasteiger partial charge in [-0.2, -0.15) is 0 Å². The molecule has 0 aliphatic carbocycles. The Bertz CT molecular complexity index is 542. The molecule has 0 bridgehead atoms. The fourth-order valence-electron chi connectivity index (χ4n) is 1.94. The van der Waals surface area contributed by atoms with Gasteiger partial charge in [0.2, 0.25) is 0 Å². The monoisotopic (exact) mass is 328 g/mol. The van der Waals surface area contributed by atoms with Crippen LogP contribution in [0.1, 0.15) is 22.0 Å². The number of thiophene rings is 1. The van der Waals surface area contributed by atoms with Gasteiger partial charge in [0, 0.05) is 15.8 Å². The summed E-state index contributed by atoms with van der Waals surface area (Å²) in [6.45, 7) is 1.90. The first-order chi connectivity index (χ1) is 8.61. The number of nitrogens with one attached hydrogen (secondary N) is 1. The van der Waals surface area contributed by atoms with E-state index < -0.39 is 0 Å². The molecule has 0 aliphatic heterocycles. The molecule has 18 heavy (non-hydrogen) atoms. The van der Waals surface area contributed by atoms with Crippen LogP contribution in [-0.2, 0) is 6.42 Å². The summed E-state index contributed by atoms with van der Waals surface area (Å²) in [7, 11) is 0. The third kappa shape index (κ3) is 2.98. The first-order valence-corrected chi connectivity index (χ1v) is 7.23. The third-order valence-electron chi connectivity index (χ3n) is 2.89. The van der Waals surface area contributed by atoms with Crippen molar-refractivity contribution in [3.63, 3.8) is 0 Å². The Balaban J connectivity index is 2.26. The smallest absolute Gasteiger partial charge is 0.123 e. The molecule has 1 heterocycles. The van der Waals surface area contributed by atoms with E-state index in [4.69, 9.17) is 5.84 Å². The number of nitrogens with two attached hydrogens (primary N) is 1. The van der Waals surface area contributed by atoms with E-state index in [1.807, 2.05) is 18.4 Å². The normalized spacial score (nSPS) is 12.7. The van der Waals surface area contributed by atoms with Gasteiger partial charge in [0.25, 0.3) is 0 Å². The zero-order valence-electron chi connectivity index (χ0n) is 9.91. The van der Waals surface area contributed by atoms with Crippen molar-refractivity contribution < 1.29 is 4.39 Å². The van der Waals surface area contributed by atoms with Crippen molar-refractivity contribution in [1.29, 1.82) is 0 Å². The number of rotatable bonds is 4. The number of hydrogen-bond acceptors (Lipinski definition) is 3. The maximum atomic E-state index is 13.1. The molecule has 1 atom stereocenters. The van der Waals surface area contributed by atoms with E-state index in [9.17, 15) is 4.39 Å². The summed E-state index contributed by atoms with van der Waals surface area (Å²) < 4.78 is 14.2. The van der Waals surface area contributed by atoms with Crippen LogP contribution in [0.4, 0.5) is 4.39 Å². The molecule has 1 aromatic heterocycles. The molecule has 2 nitrogen and oxygen atoms in total. The summed E-state index contributed by atoms with van der Waals surface area (Å²) in [5, 5.41) is 2.03. The number of hydrogen-bond donors (Lipinski definition) is 2. The Morgan fingerprint density at radius 2 is 2.22 bits per heavy atom. The molecule has 1 aromatic carbocycles. The third-order valence-corrected chi connectivity index (χ3v) is 4.84. The van der Waals surface area contributed by atoms with Gasteiger partial charge >= 0.3 is 0 Å². The van der Waals surface area contributed by atoms with Gasteiger partial charge in [-0.3, -0.25) is 11.3 Å². The molecule has 2 aromatic rings. The lowest BCUT2D eigenvalue weighted by Gasteiger charge is -2.18. The lowest BCUT2D eigenvalue weighted by Crippen LogP contribution is -2.30. The van der Waals surface area contributed by atoms with E-state index in [2.05, 4.69) is 21.4 Å². The van der Waals surface area contributed by atoms with E-state index in [-0.39, 0.29) is 11.9 Å². The molecule has 0 spiro atoms. The second-order valence-corrected chi connectivity index (χ2v) is 5.97. The van der Waals surface area contributed by atoms with Gasteiger partial charge in [-0.15, -0.1) is 11.3 Å². The SMILES string of the molecule is Cc1cc(F)ccc1C(Cc1sccc1Br)NN. The second kappa shape index (κ2) is 5.93. The first-order valence-electron chi connectivity index (χ1n) is 5.56. The van der Waals surface area contributed by atoms with Crippen LogP contribution in [0.2, 0.25) is 0 Å². The van der Waals surface area contributed by atoms with E-state index in [0.717, 1.165) is 22.0 Å². The predicted molar refractivity (Wildman–Crippen MR) is 76.9 cm³/mol. The van der Waals surface area contributed by atoms with Gasteiger partial charge in [-0.25, -0.2) is 4.39 Å². The number of hydrazine groups is 1. The average molecular weight is 329 g/mol. The van der Waals surface area contributed by atoms with E-state index >= 15 is 0 Å². The number of benzene rings is 1. The van der Waals surface area contributed by atoms with Crippen molar-refractivity contribution in [2.45, 2.75) is 19.4 Å². The fraction of sp³-hybridized carbons (Fsp3) is 0.231. The quantitative estimate of drug-likeness (QED) is 0.663. The van der Waals surface area contributed by atoms with Gasteiger partial charge < -0.3 is 0 Å². The molecule has 1 unspecified atom stereocenters. The molecule has 5 heteroatoms. The highest BCUT2D eigenvalue weighted by molar-refractivity contribution is 9.10. The molecule has 3 N–H and O–H groups in total. The summed E-state index contributed by atoms with van der Waals surface area (Å²) in [5.41, 5.74) is 4.74. The van der Waals surface area contributed by atoms with Crippen LogP contribution in [0.5, 0.6) is 0 Å². The largest absolute Gasteiger partial charge is 0.271 e. The highest BCUT2D eigenvalue weighted by Crippen LogP contribution is 2.29. The minimum atomic E-state index is -0.218. The van der Waals surface area contributed by atoms with Crippen LogP contribution in [-0.4, -0.2) is 0 Å². The van der Waals surface area contributed by atoms with Crippen LogP contribution < -0.4 is 11.3 Å². The molecule has 0 saturated carbocycles. The Kier molecular flexibility index (Phi) is 4.50. The zero-order valence-corrected chi connectivity index (χ0v) is 12.3. The van der Waals surface area contributed by atoms with Gasteiger partial charge in [0.1, 0.15) is 5.82 Å². The zero-order chi connectivity index (χ0) is 13.1. The van der Waals surface area contributed by atoms with Gasteiger partial charge in [0.15, 0.2) is 0 Å². The fourth-order valence-corrected chi connectivity index (χ4v) is 3.51. The molecule has 96 valence electrons. The minimum Gasteiger partial charge on any atom is -0.271 e. The highest BCUT2D eigenvalue weighted by Gasteiger charge is 2.15. The Labute approximate surface area is 118 Å². The molecule has 0 fully saturated rings. The van der Waals surface area contributed by atoms with Crippen LogP contribution in [0.3, 0.4) is 0 Å². The summed E-state index contributed by atoms with van der Waals surface area (Å²) in [4.78, 5) is 1.22. The van der Waals surface area contributed by atoms with Crippen molar-refractivity contribution >= 4 is 27.3 Å². The Morgan fingerprint density at radius 3 is 2.78 bits per heavy atom. The van der Waals surface area contributed by atoms with Crippen molar-refractivity contribution in [3.05, 3.63) is 55.9 Å². The van der Waals surface area contributed by atoms with Crippen molar-refractivity contribution in [2.24, 2.45) is 5.84 Å². The van der Waals surface area contributed by atoms with Gasteiger partial charge in [-0.1, -0.05) is 6.07 Å². The molecular weight excluding hydrogens is 315 g/mol. The Hall–Kier alpha value is -0.750. The summed E-state index contributed by atoms with van der Waals surface area (Å²) in [6, 6.07) is 6.79. The second-order valence-electron chi connectivity index (χ2n) is 4.12. The molecule has 0 saturated heterocycles. The number of aryl methyl sites for hydroxylation is 1. The standard InChI is InChI=1S/C13H14BrFN2S/c1-8-6-9(15)2-3-10(8)12(17-16)7-13-11(14)4-5-18-13/h2-6,12,17H,7,16H2,1H3. The van der Waals surface area contributed by atoms with E-state index in [1.165, 1.54) is 17.0 Å². The maximum Gasteiger partial charge on any atom is 0.123 e. The number of halogens is 2. The maximum absolute atomic E-state index is 13.1. The first kappa shape index (κ1) is 13.7. The minimum absolute atomic E-state index is 0.0134.